The maximum Gasteiger partial charge on any atom is 0.340 e. The number of nitrogens with zero attached hydrogens (tertiary/aromatic N) is 3. The van der Waals surface area contributed by atoms with E-state index in [1.165, 1.54) is 7.11 Å². The summed E-state index contributed by atoms with van der Waals surface area (Å²) in [5, 5.41) is 11.1. The second kappa shape index (κ2) is 7.20. The van der Waals surface area contributed by atoms with Gasteiger partial charge in [-0.1, -0.05) is 5.21 Å². The number of aromatic nitrogens is 3. The van der Waals surface area contributed by atoms with Gasteiger partial charge in [-0.3, -0.25) is 0 Å². The Balaban J connectivity index is 1.89. The zero-order valence-corrected chi connectivity index (χ0v) is 13.7. The summed E-state index contributed by atoms with van der Waals surface area (Å²) >= 11 is 0. The largest absolute Gasteiger partial charge is 0.490 e. The van der Waals surface area contributed by atoms with Gasteiger partial charge in [0.15, 0.2) is 11.5 Å². The Morgan fingerprint density at radius 1 is 1.33 bits per heavy atom. The Bertz CT molecular complexity index is 729. The van der Waals surface area contributed by atoms with E-state index in [1.807, 2.05) is 6.92 Å². The number of esters is 1. The van der Waals surface area contributed by atoms with Crippen molar-refractivity contribution in [3.8, 4) is 11.5 Å². The molecule has 0 aliphatic carbocycles. The van der Waals surface area contributed by atoms with Crippen LogP contribution in [-0.4, -0.2) is 41.3 Å². The maximum absolute atomic E-state index is 12.1. The molecule has 8 nitrogen and oxygen atoms in total. The van der Waals surface area contributed by atoms with E-state index in [-0.39, 0.29) is 0 Å². The fourth-order valence-electron chi connectivity index (χ4n) is 2.50. The van der Waals surface area contributed by atoms with Crippen molar-refractivity contribution in [2.75, 3.05) is 25.6 Å². The van der Waals surface area contributed by atoms with E-state index in [9.17, 15) is 4.79 Å². The molecule has 3 rings (SSSR count). The van der Waals surface area contributed by atoms with Crippen molar-refractivity contribution in [1.82, 2.24) is 15.0 Å². The molecule has 1 aliphatic rings. The van der Waals surface area contributed by atoms with Crippen LogP contribution < -0.4 is 14.8 Å². The van der Waals surface area contributed by atoms with Crippen molar-refractivity contribution < 1.29 is 19.0 Å². The van der Waals surface area contributed by atoms with E-state index in [0.717, 1.165) is 18.7 Å². The van der Waals surface area contributed by atoms with Gasteiger partial charge >= 0.3 is 5.97 Å². The van der Waals surface area contributed by atoms with Crippen LogP contribution in [0.2, 0.25) is 0 Å². The van der Waals surface area contributed by atoms with Crippen molar-refractivity contribution in [2.45, 2.75) is 26.4 Å². The van der Waals surface area contributed by atoms with Gasteiger partial charge in [-0.25, -0.2) is 9.48 Å². The average Bonchev–Trinajstić information content (AvgIpc) is 2.94. The third kappa shape index (κ3) is 3.27. The molecule has 0 saturated heterocycles. The number of hydrogen-bond donors (Lipinski definition) is 1. The molecule has 0 saturated carbocycles. The van der Waals surface area contributed by atoms with Crippen LogP contribution in [-0.2, 0) is 17.8 Å². The number of fused-ring (bicyclic) bond motifs is 1. The molecule has 128 valence electrons. The molecule has 1 aromatic heterocycles. The predicted octanol–water partition coefficient (Wildman–Crippen LogP) is 1.86. The molecule has 0 radical (unpaired) electrons. The quantitative estimate of drug-likeness (QED) is 0.836. The number of hydrogen-bond acceptors (Lipinski definition) is 7. The van der Waals surface area contributed by atoms with Gasteiger partial charge in [0, 0.05) is 25.1 Å². The van der Waals surface area contributed by atoms with Gasteiger partial charge in [0.05, 0.1) is 50.0 Å². The molecular weight excluding hydrogens is 312 g/mol. The Labute approximate surface area is 139 Å². The van der Waals surface area contributed by atoms with E-state index in [4.69, 9.17) is 14.2 Å². The number of methoxy groups -OCH3 is 1. The summed E-state index contributed by atoms with van der Waals surface area (Å²) in [6, 6.07) is 3.43. The molecule has 0 fully saturated rings. The predicted molar refractivity (Wildman–Crippen MR) is 86.4 cm³/mol. The first-order valence-electron chi connectivity index (χ1n) is 7.86. The molecule has 1 N–H and O–H groups in total. The summed E-state index contributed by atoms with van der Waals surface area (Å²) in [6.45, 7) is 4.33. The Kier molecular flexibility index (Phi) is 4.83. The number of carbonyl (C=O) groups is 1. The minimum absolute atomic E-state index is 0.400. The van der Waals surface area contributed by atoms with Crippen LogP contribution in [0.4, 0.5) is 5.69 Å². The number of rotatable bonds is 5. The summed E-state index contributed by atoms with van der Waals surface area (Å²) in [7, 11) is 1.35. The zero-order valence-electron chi connectivity index (χ0n) is 13.7. The van der Waals surface area contributed by atoms with E-state index in [0.29, 0.717) is 42.5 Å². The molecule has 2 aromatic rings. The van der Waals surface area contributed by atoms with Crippen LogP contribution >= 0.6 is 0 Å². The zero-order chi connectivity index (χ0) is 16.9. The van der Waals surface area contributed by atoms with Crippen LogP contribution in [0.25, 0.3) is 0 Å². The minimum atomic E-state index is -0.435. The molecular formula is C16H20N4O4. The summed E-state index contributed by atoms with van der Waals surface area (Å²) < 4.78 is 18.0. The van der Waals surface area contributed by atoms with Gasteiger partial charge in [-0.2, -0.15) is 0 Å². The smallest absolute Gasteiger partial charge is 0.340 e. The van der Waals surface area contributed by atoms with Crippen molar-refractivity contribution >= 4 is 11.7 Å². The number of aryl methyl sites for hydroxylation is 1. The summed E-state index contributed by atoms with van der Waals surface area (Å²) in [5.74, 6) is 0.735. The van der Waals surface area contributed by atoms with Crippen LogP contribution in [0.15, 0.2) is 18.3 Å². The van der Waals surface area contributed by atoms with E-state index >= 15 is 0 Å². The molecule has 0 spiro atoms. The third-order valence-corrected chi connectivity index (χ3v) is 3.75. The van der Waals surface area contributed by atoms with Crippen LogP contribution in [0.1, 0.15) is 29.4 Å². The number of ether oxygens (including phenoxy) is 3. The first-order valence-corrected chi connectivity index (χ1v) is 7.86. The number of carbonyl (C=O) groups excluding carboxylic acids is 1. The second-order valence-corrected chi connectivity index (χ2v) is 5.28. The molecule has 0 unspecified atom stereocenters. The van der Waals surface area contributed by atoms with Crippen molar-refractivity contribution in [1.29, 1.82) is 0 Å². The minimum Gasteiger partial charge on any atom is -0.490 e. The Hall–Kier alpha value is -2.77. The highest BCUT2D eigenvalue weighted by Gasteiger charge is 2.20. The molecule has 0 amide bonds. The molecule has 8 heteroatoms. The summed E-state index contributed by atoms with van der Waals surface area (Å²) in [6.07, 6.45) is 2.49. The molecule has 1 aliphatic heterocycles. The average molecular weight is 332 g/mol. The van der Waals surface area contributed by atoms with Gasteiger partial charge in [0.1, 0.15) is 0 Å². The number of benzene rings is 1. The van der Waals surface area contributed by atoms with E-state index < -0.39 is 5.97 Å². The fraction of sp³-hybridized carbons (Fsp3) is 0.438. The monoisotopic (exact) mass is 332 g/mol. The van der Waals surface area contributed by atoms with Crippen LogP contribution in [0.5, 0.6) is 11.5 Å². The van der Waals surface area contributed by atoms with Crippen LogP contribution in [0, 0.1) is 0 Å². The molecule has 2 heterocycles. The van der Waals surface area contributed by atoms with E-state index in [1.54, 1.807) is 23.0 Å². The highest BCUT2D eigenvalue weighted by Crippen LogP contribution is 2.35. The van der Waals surface area contributed by atoms with Gasteiger partial charge in [0.25, 0.3) is 0 Å². The maximum atomic E-state index is 12.1. The highest BCUT2D eigenvalue weighted by atomic mass is 16.5. The lowest BCUT2D eigenvalue weighted by Gasteiger charge is -2.15. The van der Waals surface area contributed by atoms with Crippen LogP contribution in [0.3, 0.4) is 0 Å². The van der Waals surface area contributed by atoms with Gasteiger partial charge in [-0.05, 0) is 6.92 Å². The topological polar surface area (TPSA) is 87.5 Å². The molecule has 24 heavy (non-hydrogen) atoms. The van der Waals surface area contributed by atoms with Crippen molar-refractivity contribution in [2.24, 2.45) is 0 Å². The fourth-order valence-corrected chi connectivity index (χ4v) is 2.50. The second-order valence-electron chi connectivity index (χ2n) is 5.28. The van der Waals surface area contributed by atoms with Gasteiger partial charge < -0.3 is 19.5 Å². The number of anilines is 1. The Morgan fingerprint density at radius 2 is 2.08 bits per heavy atom. The first-order chi connectivity index (χ1) is 11.7. The Morgan fingerprint density at radius 3 is 2.79 bits per heavy atom. The lowest BCUT2D eigenvalue weighted by Crippen LogP contribution is -2.12. The number of nitrogens with one attached hydrogen (secondary N) is 1. The summed E-state index contributed by atoms with van der Waals surface area (Å²) in [4.78, 5) is 12.1. The highest BCUT2D eigenvalue weighted by molar-refractivity contribution is 5.96. The lowest BCUT2D eigenvalue weighted by molar-refractivity contribution is 0.0601. The molecule has 0 atom stereocenters. The van der Waals surface area contributed by atoms with Gasteiger partial charge in [-0.15, -0.1) is 5.10 Å². The van der Waals surface area contributed by atoms with Crippen molar-refractivity contribution in [3.05, 3.63) is 29.6 Å². The standard InChI is InChI=1S/C16H20N4O4/c1-3-20-11(10-18-19-20)9-17-13-8-15-14(23-5-4-6-24-15)7-12(13)16(21)22-2/h7-8,10,17H,3-6,9H2,1-2H3. The third-order valence-electron chi connectivity index (χ3n) is 3.75. The molecule has 1 aromatic carbocycles. The van der Waals surface area contributed by atoms with Gasteiger partial charge in [0.2, 0.25) is 0 Å². The first kappa shape index (κ1) is 16.1. The van der Waals surface area contributed by atoms with Crippen molar-refractivity contribution in [3.63, 3.8) is 0 Å². The SMILES string of the molecule is CCn1nncc1CNc1cc2c(cc1C(=O)OC)OCCCO2. The van der Waals surface area contributed by atoms with E-state index in [2.05, 4.69) is 15.6 Å². The summed E-state index contributed by atoms with van der Waals surface area (Å²) in [5.41, 5.74) is 1.94. The normalized spacial score (nSPS) is 13.2. The lowest BCUT2D eigenvalue weighted by atomic mass is 10.1. The molecule has 0 bridgehead atoms.